The van der Waals surface area contributed by atoms with E-state index < -0.39 is 67.3 Å². The maximum absolute atomic E-state index is 13.5. The first-order valence-electron chi connectivity index (χ1n) is 16.9. The van der Waals surface area contributed by atoms with Gasteiger partial charge in [-0.2, -0.15) is 4.91 Å². The number of aromatic hydroxyl groups is 1. The van der Waals surface area contributed by atoms with Crippen LogP contribution >= 0.6 is 0 Å². The normalized spacial score (nSPS) is 13.2. The van der Waals surface area contributed by atoms with Crippen LogP contribution in [0.1, 0.15) is 69.3 Å². The van der Waals surface area contributed by atoms with Crippen molar-refractivity contribution in [2.45, 2.75) is 72.1 Å². The fraction of sp³-hybridized carbons (Fsp3) is 0.486. The maximum Gasteiger partial charge on any atom is 0.414 e. The quantitative estimate of drug-likeness (QED) is 0.116. The van der Waals surface area contributed by atoms with Gasteiger partial charge in [-0.25, -0.2) is 4.79 Å². The minimum absolute atomic E-state index is 0.0865. The summed E-state index contributed by atoms with van der Waals surface area (Å²) in [6, 6.07) is 7.71. The lowest BCUT2D eigenvalue weighted by atomic mass is 10.0. The first-order chi connectivity index (χ1) is 24.7. The molecule has 52 heavy (non-hydrogen) atoms. The molecule has 17 nitrogen and oxygen atoms in total. The van der Waals surface area contributed by atoms with E-state index in [4.69, 9.17) is 9.47 Å². The molecule has 1 atom stereocenters. The van der Waals surface area contributed by atoms with Crippen LogP contribution in [0.25, 0.3) is 0 Å². The predicted molar refractivity (Wildman–Crippen MR) is 191 cm³/mol. The summed E-state index contributed by atoms with van der Waals surface area (Å²) in [5.41, 5.74) is 1.40. The number of anilines is 2. The van der Waals surface area contributed by atoms with Crippen molar-refractivity contribution < 1.29 is 43.3 Å². The van der Waals surface area contributed by atoms with E-state index >= 15 is 0 Å². The molecule has 1 saturated carbocycles. The number of hydrogen-bond acceptors (Lipinski definition) is 11. The minimum atomic E-state index is -0.971. The zero-order chi connectivity index (χ0) is 38.4. The number of carbonyl (C=O) groups is 6. The Morgan fingerprint density at radius 3 is 2.19 bits per heavy atom. The highest BCUT2D eigenvalue weighted by Gasteiger charge is 2.41. The average molecular weight is 726 g/mol. The van der Waals surface area contributed by atoms with Crippen LogP contribution in [0.2, 0.25) is 0 Å². The van der Waals surface area contributed by atoms with Gasteiger partial charge in [0.2, 0.25) is 23.6 Å². The molecule has 0 aromatic heterocycles. The van der Waals surface area contributed by atoms with Crippen LogP contribution in [0.15, 0.2) is 41.6 Å². The standard InChI is InChI=1S/C35H47N7O10/c1-6-11-35(12-13-35)20-38-33(48)25-14-28(51-5)27(43)15-26(25)42(21(2)3)34(49)52-19-23-7-9-24(10-8-23)41-32(47)22(4)40-31(46)17-37-29(44)16-36-30(45)18-39-50/h7-10,14-15,21-22,43H,6,11-13,16-20H2,1-5H3,(H,36,45)(H,37,44)(H,38,48)(H,40,46)(H,41,47)/t22-/m0/s1. The van der Waals surface area contributed by atoms with Gasteiger partial charge in [-0.05, 0) is 69.2 Å². The average Bonchev–Trinajstić information content (AvgIpc) is 3.88. The molecular formula is C35H47N7O10. The summed E-state index contributed by atoms with van der Waals surface area (Å²) < 4.78 is 10.9. The van der Waals surface area contributed by atoms with Crippen molar-refractivity contribution in [3.05, 3.63) is 52.4 Å². The highest BCUT2D eigenvalue weighted by molar-refractivity contribution is 6.04. The van der Waals surface area contributed by atoms with Gasteiger partial charge in [0.05, 0.1) is 31.5 Å². The number of nitroso groups, excluding NO2 is 1. The topological polar surface area (TPSA) is 234 Å². The second kappa shape index (κ2) is 19.0. The van der Waals surface area contributed by atoms with Gasteiger partial charge in [0.1, 0.15) is 12.6 Å². The smallest absolute Gasteiger partial charge is 0.414 e. The fourth-order valence-electron chi connectivity index (χ4n) is 5.32. The van der Waals surface area contributed by atoms with Crippen molar-refractivity contribution in [3.63, 3.8) is 0 Å². The summed E-state index contributed by atoms with van der Waals surface area (Å²) in [7, 11) is 1.37. The van der Waals surface area contributed by atoms with E-state index in [9.17, 15) is 38.8 Å². The van der Waals surface area contributed by atoms with E-state index in [0.29, 0.717) is 17.8 Å². The number of carbonyl (C=O) groups excluding carboxylic acids is 6. The summed E-state index contributed by atoms with van der Waals surface area (Å²) in [6.45, 7) is 5.89. The monoisotopic (exact) mass is 725 g/mol. The molecule has 6 amide bonds. The van der Waals surface area contributed by atoms with Crippen molar-refractivity contribution in [1.82, 2.24) is 21.3 Å². The van der Waals surface area contributed by atoms with Gasteiger partial charge >= 0.3 is 6.09 Å². The van der Waals surface area contributed by atoms with Crippen LogP contribution in [0.4, 0.5) is 16.2 Å². The Bertz CT molecular complexity index is 1630. The number of rotatable bonds is 19. The second-order valence-electron chi connectivity index (χ2n) is 12.8. The first kappa shape index (κ1) is 40.7. The third kappa shape index (κ3) is 11.9. The number of phenolic OH excluding ortho intramolecular Hbond substituents is 1. The van der Waals surface area contributed by atoms with Gasteiger partial charge in [0.15, 0.2) is 18.0 Å². The van der Waals surface area contributed by atoms with Crippen molar-refractivity contribution in [3.8, 4) is 11.5 Å². The van der Waals surface area contributed by atoms with E-state index in [0.717, 1.165) is 25.7 Å². The molecule has 1 aliphatic carbocycles. The Hall–Kier alpha value is -5.74. The van der Waals surface area contributed by atoms with Gasteiger partial charge < -0.3 is 41.2 Å². The third-order valence-corrected chi connectivity index (χ3v) is 8.33. The number of nitrogens with zero attached hydrogens (tertiary/aromatic N) is 2. The molecule has 1 aliphatic rings. The van der Waals surface area contributed by atoms with Crippen LogP contribution < -0.4 is 36.2 Å². The van der Waals surface area contributed by atoms with E-state index in [1.54, 1.807) is 38.1 Å². The van der Waals surface area contributed by atoms with Crippen molar-refractivity contribution in [2.75, 3.05) is 43.5 Å². The predicted octanol–water partition coefficient (Wildman–Crippen LogP) is 2.70. The summed E-state index contributed by atoms with van der Waals surface area (Å²) in [6.07, 6.45) is 3.35. The van der Waals surface area contributed by atoms with E-state index in [-0.39, 0.29) is 34.8 Å². The summed E-state index contributed by atoms with van der Waals surface area (Å²) in [5, 5.41) is 25.5. The number of hydrogen-bond donors (Lipinski definition) is 6. The second-order valence-corrected chi connectivity index (χ2v) is 12.8. The molecule has 0 bridgehead atoms. The van der Waals surface area contributed by atoms with Gasteiger partial charge in [0, 0.05) is 24.3 Å². The SMILES string of the molecule is CCCC1(CNC(=O)c2cc(OC)c(O)cc2N(C(=O)OCc2ccc(NC(=O)[C@H](C)NC(=O)CNC(=O)CNC(=O)CN=O)cc2)C(C)C)CC1. The number of methoxy groups -OCH3 is 1. The molecule has 0 spiro atoms. The van der Waals surface area contributed by atoms with Crippen LogP contribution in [0.3, 0.4) is 0 Å². The zero-order valence-electron chi connectivity index (χ0n) is 30.0. The van der Waals surface area contributed by atoms with Gasteiger partial charge in [-0.15, -0.1) is 0 Å². The van der Waals surface area contributed by atoms with Crippen molar-refractivity contribution in [1.29, 1.82) is 0 Å². The molecule has 6 N–H and O–H groups in total. The van der Waals surface area contributed by atoms with E-state index in [1.165, 1.54) is 31.1 Å². The number of ether oxygens (including phenoxy) is 2. The maximum atomic E-state index is 13.5. The number of amides is 6. The van der Waals surface area contributed by atoms with Gasteiger partial charge in [0.25, 0.3) is 5.91 Å². The van der Waals surface area contributed by atoms with Crippen molar-refractivity contribution >= 4 is 47.0 Å². The molecule has 17 heteroatoms. The Balaban J connectivity index is 1.57. The summed E-state index contributed by atoms with van der Waals surface area (Å²) in [4.78, 5) is 86.0. The Kier molecular flexibility index (Phi) is 14.9. The molecule has 1 fully saturated rings. The van der Waals surface area contributed by atoms with Crippen LogP contribution in [0.5, 0.6) is 11.5 Å². The molecule has 0 unspecified atom stereocenters. The van der Waals surface area contributed by atoms with Crippen LogP contribution in [0, 0.1) is 10.3 Å². The molecule has 2 aromatic carbocycles. The van der Waals surface area contributed by atoms with Crippen LogP contribution in [-0.4, -0.2) is 86.1 Å². The number of benzene rings is 2. The molecular weight excluding hydrogens is 678 g/mol. The van der Waals surface area contributed by atoms with E-state index in [1.807, 2.05) is 0 Å². The minimum Gasteiger partial charge on any atom is -0.504 e. The molecule has 0 heterocycles. The molecule has 2 aromatic rings. The molecule has 0 aliphatic heterocycles. The summed E-state index contributed by atoms with van der Waals surface area (Å²) in [5.74, 6) is -3.17. The fourth-order valence-corrected chi connectivity index (χ4v) is 5.32. The van der Waals surface area contributed by atoms with Crippen LogP contribution in [-0.2, 0) is 30.5 Å². The number of phenols is 1. The molecule has 0 saturated heterocycles. The van der Waals surface area contributed by atoms with E-state index in [2.05, 4.69) is 38.7 Å². The van der Waals surface area contributed by atoms with Crippen molar-refractivity contribution in [2.24, 2.45) is 10.6 Å². The highest BCUT2D eigenvalue weighted by atomic mass is 16.6. The molecule has 282 valence electrons. The lowest BCUT2D eigenvalue weighted by molar-refractivity contribution is -0.128. The molecule has 0 radical (unpaired) electrons. The summed E-state index contributed by atoms with van der Waals surface area (Å²) >= 11 is 0. The highest BCUT2D eigenvalue weighted by Crippen LogP contribution is 2.49. The van der Waals surface area contributed by atoms with Gasteiger partial charge in [-0.3, -0.25) is 28.9 Å². The lowest BCUT2D eigenvalue weighted by Crippen LogP contribution is -2.47. The Morgan fingerprint density at radius 2 is 1.60 bits per heavy atom. The third-order valence-electron chi connectivity index (χ3n) is 8.33. The van der Waals surface area contributed by atoms with Gasteiger partial charge in [-0.1, -0.05) is 30.7 Å². The number of nitrogens with one attached hydrogen (secondary N) is 5. The lowest BCUT2D eigenvalue weighted by Gasteiger charge is -2.28. The molecule has 3 rings (SSSR count). The zero-order valence-corrected chi connectivity index (χ0v) is 30.0. The Morgan fingerprint density at radius 1 is 0.942 bits per heavy atom. The Labute approximate surface area is 301 Å². The largest absolute Gasteiger partial charge is 0.504 e. The first-order valence-corrected chi connectivity index (χ1v) is 16.9.